The van der Waals surface area contributed by atoms with E-state index in [0.717, 1.165) is 4.47 Å². The van der Waals surface area contributed by atoms with Gasteiger partial charge in [0.15, 0.2) is 0 Å². The largest absolute Gasteiger partial charge is 0.0616 e. The van der Waals surface area contributed by atoms with E-state index in [2.05, 4.69) is 119 Å². The third-order valence-electron chi connectivity index (χ3n) is 6.65. The Morgan fingerprint density at radius 3 is 1.68 bits per heavy atom. The van der Waals surface area contributed by atoms with Gasteiger partial charge in [-0.2, -0.15) is 0 Å². The molecule has 0 bridgehead atoms. The van der Waals surface area contributed by atoms with Gasteiger partial charge in [0.2, 0.25) is 0 Å². The molecule has 1 heteroatoms. The summed E-state index contributed by atoms with van der Waals surface area (Å²) in [6.45, 7) is 0. The monoisotopic (exact) mass is 456 g/mol. The van der Waals surface area contributed by atoms with Crippen LogP contribution in [0.4, 0.5) is 0 Å². The number of hydrogen-bond acceptors (Lipinski definition) is 0. The minimum atomic E-state index is 1.15. The Hall–Kier alpha value is -3.42. The van der Waals surface area contributed by atoms with Gasteiger partial charge in [-0.15, -0.1) is 0 Å². The summed E-state index contributed by atoms with van der Waals surface area (Å²) in [6.07, 6.45) is 0. The minimum Gasteiger partial charge on any atom is -0.0616 e. The van der Waals surface area contributed by atoms with Gasteiger partial charge in [-0.25, -0.2) is 0 Å². The summed E-state index contributed by atoms with van der Waals surface area (Å²) in [5.74, 6) is 0. The van der Waals surface area contributed by atoms with Crippen LogP contribution in [0.15, 0.2) is 108 Å². The lowest BCUT2D eigenvalue weighted by atomic mass is 9.86. The zero-order chi connectivity index (χ0) is 20.5. The maximum absolute atomic E-state index is 3.77. The van der Waals surface area contributed by atoms with E-state index in [1.807, 2.05) is 0 Å². The number of halogens is 1. The minimum absolute atomic E-state index is 1.15. The molecule has 7 aromatic rings. The summed E-state index contributed by atoms with van der Waals surface area (Å²) < 4.78 is 1.15. The van der Waals surface area contributed by atoms with E-state index in [1.165, 1.54) is 65.0 Å². The molecule has 0 aromatic heterocycles. The zero-order valence-electron chi connectivity index (χ0n) is 16.7. The van der Waals surface area contributed by atoms with Crippen LogP contribution in [-0.4, -0.2) is 0 Å². The predicted molar refractivity (Wildman–Crippen MR) is 138 cm³/mol. The normalized spacial score (nSPS) is 12.0. The quantitative estimate of drug-likeness (QED) is 0.170. The molecule has 0 N–H and O–H groups in total. The van der Waals surface area contributed by atoms with Gasteiger partial charge in [-0.3, -0.25) is 0 Å². The predicted octanol–water partition coefficient (Wildman–Crippen LogP) is 9.32. The summed E-state index contributed by atoms with van der Waals surface area (Å²) in [6, 6.07) is 37.8. The molecule has 0 unspecified atom stereocenters. The maximum atomic E-state index is 3.77. The first-order valence-corrected chi connectivity index (χ1v) is 11.4. The molecule has 144 valence electrons. The summed E-state index contributed by atoms with van der Waals surface area (Å²) in [5, 5.41) is 13.0. The summed E-state index contributed by atoms with van der Waals surface area (Å²) in [7, 11) is 0. The highest BCUT2D eigenvalue weighted by molar-refractivity contribution is 9.10. The number of hydrogen-bond donors (Lipinski definition) is 0. The van der Waals surface area contributed by atoms with E-state index >= 15 is 0 Å². The van der Waals surface area contributed by atoms with E-state index < -0.39 is 0 Å². The van der Waals surface area contributed by atoms with E-state index in [0.29, 0.717) is 0 Å². The number of fused-ring (bicyclic) bond motifs is 2. The van der Waals surface area contributed by atoms with Crippen molar-refractivity contribution in [3.05, 3.63) is 108 Å². The molecule has 7 aromatic carbocycles. The first-order chi connectivity index (χ1) is 15.3. The van der Waals surface area contributed by atoms with Crippen LogP contribution in [0.5, 0.6) is 0 Å². The van der Waals surface area contributed by atoms with Crippen molar-refractivity contribution in [3.8, 4) is 11.1 Å². The second-order valence-electron chi connectivity index (χ2n) is 8.28. The molecule has 0 spiro atoms. The van der Waals surface area contributed by atoms with Crippen molar-refractivity contribution in [1.29, 1.82) is 0 Å². The Morgan fingerprint density at radius 1 is 0.419 bits per heavy atom. The van der Waals surface area contributed by atoms with Gasteiger partial charge < -0.3 is 0 Å². The van der Waals surface area contributed by atoms with E-state index in [1.54, 1.807) is 0 Å². The van der Waals surface area contributed by atoms with Crippen LogP contribution in [0.3, 0.4) is 0 Å². The molecule has 0 nitrogen and oxygen atoms in total. The van der Waals surface area contributed by atoms with Crippen LogP contribution in [-0.2, 0) is 0 Å². The van der Waals surface area contributed by atoms with Crippen LogP contribution < -0.4 is 0 Å². The molecule has 0 aliphatic rings. The van der Waals surface area contributed by atoms with Crippen molar-refractivity contribution in [3.63, 3.8) is 0 Å². The molecular weight excluding hydrogens is 440 g/mol. The smallest absolute Gasteiger partial charge is 0.0254 e. The lowest BCUT2D eigenvalue weighted by Gasteiger charge is -2.17. The molecule has 0 saturated carbocycles. The van der Waals surface area contributed by atoms with Gasteiger partial charge in [-0.05, 0) is 77.1 Å². The van der Waals surface area contributed by atoms with E-state index in [4.69, 9.17) is 0 Å². The Balaban J connectivity index is 1.73. The average Bonchev–Trinajstić information content (AvgIpc) is 2.82. The summed E-state index contributed by atoms with van der Waals surface area (Å²) >= 11 is 3.77. The van der Waals surface area contributed by atoms with Crippen LogP contribution in [0.1, 0.15) is 0 Å². The molecule has 0 aliphatic heterocycles. The molecule has 7 rings (SSSR count). The molecule has 0 fully saturated rings. The van der Waals surface area contributed by atoms with Gasteiger partial charge >= 0.3 is 0 Å². The third-order valence-corrected chi connectivity index (χ3v) is 7.34. The third kappa shape index (κ3) is 2.35. The second kappa shape index (κ2) is 6.29. The Bertz CT molecular complexity index is 1740. The molecule has 0 heterocycles. The first-order valence-electron chi connectivity index (χ1n) is 10.6. The SMILES string of the molecule is Brc1ccc2ccc3c(-c4c5ccccc5cc5ccccc45)ccc4ccc1c2c43. The van der Waals surface area contributed by atoms with Crippen LogP contribution in [0, 0.1) is 0 Å². The fourth-order valence-corrected chi connectivity index (χ4v) is 5.75. The summed E-state index contributed by atoms with van der Waals surface area (Å²) in [4.78, 5) is 0. The fourth-order valence-electron chi connectivity index (χ4n) is 5.29. The highest BCUT2D eigenvalue weighted by Gasteiger charge is 2.16. The van der Waals surface area contributed by atoms with Crippen LogP contribution in [0.25, 0.3) is 65.0 Å². The van der Waals surface area contributed by atoms with Gasteiger partial charge in [0, 0.05) is 4.47 Å². The van der Waals surface area contributed by atoms with Crippen molar-refractivity contribution in [1.82, 2.24) is 0 Å². The Kier molecular flexibility index (Phi) is 3.51. The van der Waals surface area contributed by atoms with Crippen molar-refractivity contribution < 1.29 is 0 Å². The first kappa shape index (κ1) is 17.3. The fraction of sp³-hybridized carbons (Fsp3) is 0. The zero-order valence-corrected chi connectivity index (χ0v) is 18.3. The van der Waals surface area contributed by atoms with Crippen molar-refractivity contribution in [2.45, 2.75) is 0 Å². The van der Waals surface area contributed by atoms with Crippen molar-refractivity contribution in [2.75, 3.05) is 0 Å². The standard InChI is InChI=1S/C30H17Br/c31-27-16-12-19-9-13-24-25(14-10-18-11-15-26(27)29(19)28(18)24)30-22-7-3-1-5-20(22)17-21-6-2-4-8-23(21)30/h1-17H. The average molecular weight is 457 g/mol. The van der Waals surface area contributed by atoms with Crippen molar-refractivity contribution in [2.24, 2.45) is 0 Å². The molecular formula is C30H17Br. The molecule has 0 radical (unpaired) electrons. The Labute approximate surface area is 188 Å². The van der Waals surface area contributed by atoms with E-state index in [-0.39, 0.29) is 0 Å². The number of benzene rings is 7. The maximum Gasteiger partial charge on any atom is 0.0254 e. The van der Waals surface area contributed by atoms with Crippen LogP contribution in [0.2, 0.25) is 0 Å². The van der Waals surface area contributed by atoms with Gasteiger partial charge in [0.05, 0.1) is 0 Å². The van der Waals surface area contributed by atoms with Crippen molar-refractivity contribution >= 4 is 69.8 Å². The second-order valence-corrected chi connectivity index (χ2v) is 9.13. The highest BCUT2D eigenvalue weighted by Crippen LogP contribution is 2.44. The highest BCUT2D eigenvalue weighted by atomic mass is 79.9. The lowest BCUT2D eigenvalue weighted by Crippen LogP contribution is -1.90. The van der Waals surface area contributed by atoms with Gasteiger partial charge in [0.1, 0.15) is 0 Å². The molecule has 31 heavy (non-hydrogen) atoms. The molecule has 0 atom stereocenters. The van der Waals surface area contributed by atoms with Gasteiger partial charge in [-0.1, -0.05) is 107 Å². The van der Waals surface area contributed by atoms with E-state index in [9.17, 15) is 0 Å². The molecule has 0 aliphatic carbocycles. The van der Waals surface area contributed by atoms with Gasteiger partial charge in [0.25, 0.3) is 0 Å². The topological polar surface area (TPSA) is 0 Å². The molecule has 0 amide bonds. The lowest BCUT2D eigenvalue weighted by molar-refractivity contribution is 1.71. The van der Waals surface area contributed by atoms with Crippen LogP contribution >= 0.6 is 15.9 Å². The molecule has 0 saturated heterocycles. The number of rotatable bonds is 1. The summed E-state index contributed by atoms with van der Waals surface area (Å²) in [5.41, 5.74) is 2.63. The Morgan fingerprint density at radius 2 is 0.968 bits per heavy atom.